The topological polar surface area (TPSA) is 43.4 Å². The summed E-state index contributed by atoms with van der Waals surface area (Å²) < 4.78 is 4.58. The van der Waals surface area contributed by atoms with Crippen LogP contribution in [0.1, 0.15) is 38.7 Å². The number of rotatable bonds is 6. The highest BCUT2D eigenvalue weighted by Gasteiger charge is 2.37. The molecule has 0 heterocycles. The standard InChI is InChI=1S/C15H18Cl2O3/c1-4-15(5-2,13(18)9-14(19)20-3)10-6-7-11(16)12(17)8-10/h6-8H,4-5,9H2,1-3H3. The van der Waals surface area contributed by atoms with E-state index in [0.29, 0.717) is 22.9 Å². The SMILES string of the molecule is CCC(CC)(C(=O)CC(=O)OC)c1ccc(Cl)c(Cl)c1. The second-order valence-electron chi connectivity index (χ2n) is 4.59. The predicted molar refractivity (Wildman–Crippen MR) is 80.4 cm³/mol. The molecule has 1 aromatic rings. The second kappa shape index (κ2) is 7.09. The van der Waals surface area contributed by atoms with Gasteiger partial charge in [0, 0.05) is 0 Å². The Morgan fingerprint density at radius 2 is 1.75 bits per heavy atom. The van der Waals surface area contributed by atoms with Gasteiger partial charge in [-0.15, -0.1) is 0 Å². The molecule has 5 heteroatoms. The number of ketones is 1. The number of carbonyl (C=O) groups excluding carboxylic acids is 2. The molecule has 0 N–H and O–H groups in total. The third-order valence-electron chi connectivity index (χ3n) is 3.75. The van der Waals surface area contributed by atoms with Gasteiger partial charge in [-0.25, -0.2) is 0 Å². The molecular formula is C15H18Cl2O3. The van der Waals surface area contributed by atoms with E-state index in [9.17, 15) is 9.59 Å². The van der Waals surface area contributed by atoms with Crippen LogP contribution >= 0.6 is 23.2 Å². The lowest BCUT2D eigenvalue weighted by Gasteiger charge is -2.30. The summed E-state index contributed by atoms with van der Waals surface area (Å²) in [6.07, 6.45) is 0.924. The summed E-state index contributed by atoms with van der Waals surface area (Å²) in [5.41, 5.74) is 0.0494. The molecule has 0 saturated heterocycles. The molecule has 0 fully saturated rings. The number of methoxy groups -OCH3 is 1. The predicted octanol–water partition coefficient (Wildman–Crippen LogP) is 4.18. The van der Waals surface area contributed by atoms with Crippen molar-refractivity contribution in [2.75, 3.05) is 7.11 Å². The summed E-state index contributed by atoms with van der Waals surface area (Å²) in [7, 11) is 1.27. The van der Waals surface area contributed by atoms with E-state index in [4.69, 9.17) is 23.2 Å². The average molecular weight is 317 g/mol. The number of carbonyl (C=O) groups is 2. The number of hydrogen-bond donors (Lipinski definition) is 0. The molecule has 20 heavy (non-hydrogen) atoms. The summed E-state index contributed by atoms with van der Waals surface area (Å²) in [6.45, 7) is 3.84. The van der Waals surface area contributed by atoms with Crippen LogP contribution < -0.4 is 0 Å². The monoisotopic (exact) mass is 316 g/mol. The number of halogens is 2. The van der Waals surface area contributed by atoms with Gasteiger partial charge in [0.2, 0.25) is 0 Å². The molecule has 0 aliphatic carbocycles. The molecule has 0 atom stereocenters. The van der Waals surface area contributed by atoms with Crippen molar-refractivity contribution < 1.29 is 14.3 Å². The fraction of sp³-hybridized carbons (Fsp3) is 0.467. The molecule has 0 radical (unpaired) electrons. The molecule has 1 rings (SSSR count). The van der Waals surface area contributed by atoms with Gasteiger partial charge in [0.15, 0.2) is 5.78 Å². The molecule has 0 aromatic heterocycles. The lowest BCUT2D eigenvalue weighted by Crippen LogP contribution is -2.36. The molecule has 0 aliphatic rings. The van der Waals surface area contributed by atoms with Crippen LogP contribution in [0.5, 0.6) is 0 Å². The van der Waals surface area contributed by atoms with Crippen molar-refractivity contribution >= 4 is 35.0 Å². The van der Waals surface area contributed by atoms with Crippen molar-refractivity contribution in [2.45, 2.75) is 38.5 Å². The van der Waals surface area contributed by atoms with E-state index in [-0.39, 0.29) is 12.2 Å². The van der Waals surface area contributed by atoms with E-state index in [1.165, 1.54) is 7.11 Å². The number of ether oxygens (including phenoxy) is 1. The average Bonchev–Trinajstić information content (AvgIpc) is 2.44. The Balaban J connectivity index is 3.22. The van der Waals surface area contributed by atoms with E-state index in [2.05, 4.69) is 4.74 Å². The van der Waals surface area contributed by atoms with Gasteiger partial charge in [-0.3, -0.25) is 9.59 Å². The van der Waals surface area contributed by atoms with Crippen LogP contribution in [0, 0.1) is 0 Å². The molecular weight excluding hydrogens is 299 g/mol. The smallest absolute Gasteiger partial charge is 0.313 e. The molecule has 3 nitrogen and oxygen atoms in total. The minimum atomic E-state index is -0.734. The highest BCUT2D eigenvalue weighted by Crippen LogP contribution is 2.37. The third kappa shape index (κ3) is 3.33. The van der Waals surface area contributed by atoms with Gasteiger partial charge in [-0.1, -0.05) is 43.1 Å². The highest BCUT2D eigenvalue weighted by atomic mass is 35.5. The van der Waals surface area contributed by atoms with Crippen molar-refractivity contribution in [3.63, 3.8) is 0 Å². The maximum absolute atomic E-state index is 12.5. The largest absolute Gasteiger partial charge is 0.469 e. The zero-order valence-corrected chi connectivity index (χ0v) is 13.3. The van der Waals surface area contributed by atoms with Crippen molar-refractivity contribution in [1.29, 1.82) is 0 Å². The summed E-state index contributed by atoms with van der Waals surface area (Å²) >= 11 is 11.9. The van der Waals surface area contributed by atoms with E-state index in [0.717, 1.165) is 5.56 Å². The van der Waals surface area contributed by atoms with Gasteiger partial charge in [0.05, 0.1) is 22.6 Å². The Kier molecular flexibility index (Phi) is 6.03. The number of esters is 1. The molecule has 0 spiro atoms. The minimum Gasteiger partial charge on any atom is -0.469 e. The Morgan fingerprint density at radius 1 is 1.15 bits per heavy atom. The van der Waals surface area contributed by atoms with Crippen LogP contribution in [0.2, 0.25) is 10.0 Å². The van der Waals surface area contributed by atoms with Crippen molar-refractivity contribution in [3.05, 3.63) is 33.8 Å². The number of Topliss-reactive ketones (excluding diaryl/α,β-unsaturated/α-hetero) is 1. The molecule has 0 bridgehead atoms. The Labute approximate surface area is 129 Å². The van der Waals surface area contributed by atoms with Gasteiger partial charge in [-0.2, -0.15) is 0 Å². The Bertz CT molecular complexity index is 508. The lowest BCUT2D eigenvalue weighted by atomic mass is 9.71. The third-order valence-corrected chi connectivity index (χ3v) is 4.48. The van der Waals surface area contributed by atoms with Crippen LogP contribution in [0.3, 0.4) is 0 Å². The summed E-state index contributed by atoms with van der Waals surface area (Å²) in [4.78, 5) is 23.9. The molecule has 1 aromatic carbocycles. The molecule has 0 amide bonds. The maximum atomic E-state index is 12.5. The fourth-order valence-electron chi connectivity index (χ4n) is 2.38. The Morgan fingerprint density at radius 3 is 2.20 bits per heavy atom. The highest BCUT2D eigenvalue weighted by molar-refractivity contribution is 6.42. The Hall–Kier alpha value is -1.06. The van der Waals surface area contributed by atoms with Gasteiger partial charge in [0.25, 0.3) is 0 Å². The van der Waals surface area contributed by atoms with Crippen LogP contribution in [-0.4, -0.2) is 18.9 Å². The van der Waals surface area contributed by atoms with Gasteiger partial charge in [0.1, 0.15) is 6.42 Å². The van der Waals surface area contributed by atoms with Crippen molar-refractivity contribution in [2.24, 2.45) is 0 Å². The quantitative estimate of drug-likeness (QED) is 0.584. The van der Waals surface area contributed by atoms with Gasteiger partial charge < -0.3 is 4.74 Å². The lowest BCUT2D eigenvalue weighted by molar-refractivity contribution is -0.144. The number of hydrogen-bond acceptors (Lipinski definition) is 3. The fourth-order valence-corrected chi connectivity index (χ4v) is 2.68. The van der Waals surface area contributed by atoms with Crippen LogP contribution in [0.4, 0.5) is 0 Å². The summed E-state index contributed by atoms with van der Waals surface area (Å²) in [5, 5.41) is 0.846. The minimum absolute atomic E-state index is 0.160. The van der Waals surface area contributed by atoms with Gasteiger partial charge in [-0.05, 0) is 30.5 Å². The summed E-state index contributed by atoms with van der Waals surface area (Å²) in [6, 6.07) is 5.16. The zero-order chi connectivity index (χ0) is 15.3. The molecule has 110 valence electrons. The van der Waals surface area contributed by atoms with Crippen molar-refractivity contribution in [1.82, 2.24) is 0 Å². The first-order chi connectivity index (χ1) is 9.41. The van der Waals surface area contributed by atoms with Crippen molar-refractivity contribution in [3.8, 4) is 0 Å². The zero-order valence-electron chi connectivity index (χ0n) is 11.8. The van der Waals surface area contributed by atoms with E-state index >= 15 is 0 Å². The normalized spacial score (nSPS) is 11.2. The first-order valence-electron chi connectivity index (χ1n) is 6.47. The van der Waals surface area contributed by atoms with E-state index in [1.54, 1.807) is 18.2 Å². The van der Waals surface area contributed by atoms with Crippen LogP contribution in [-0.2, 0) is 19.7 Å². The van der Waals surface area contributed by atoms with E-state index in [1.807, 2.05) is 13.8 Å². The molecule has 0 saturated carbocycles. The second-order valence-corrected chi connectivity index (χ2v) is 5.41. The maximum Gasteiger partial charge on any atom is 0.313 e. The summed E-state index contributed by atoms with van der Waals surface area (Å²) in [5.74, 6) is -0.686. The number of benzene rings is 1. The molecule has 0 aliphatic heterocycles. The van der Waals surface area contributed by atoms with E-state index < -0.39 is 11.4 Å². The van der Waals surface area contributed by atoms with Crippen LogP contribution in [0.25, 0.3) is 0 Å². The first kappa shape index (κ1) is 17.0. The van der Waals surface area contributed by atoms with Gasteiger partial charge >= 0.3 is 5.97 Å². The first-order valence-corrected chi connectivity index (χ1v) is 7.22. The molecule has 0 unspecified atom stereocenters. The van der Waals surface area contributed by atoms with Crippen LogP contribution in [0.15, 0.2) is 18.2 Å².